The number of hydrogen-bond acceptors (Lipinski definition) is 5. The van der Waals surface area contributed by atoms with Gasteiger partial charge in [0.2, 0.25) is 0 Å². The lowest BCUT2D eigenvalue weighted by Gasteiger charge is -2.13. The topological polar surface area (TPSA) is 94.3 Å². The number of hydrogen-bond donors (Lipinski definition) is 2. The van der Waals surface area contributed by atoms with E-state index < -0.39 is 4.92 Å². The Morgan fingerprint density at radius 1 is 1.54 bits per heavy atom. The van der Waals surface area contributed by atoms with Gasteiger partial charge in [0.25, 0.3) is 5.69 Å². The summed E-state index contributed by atoms with van der Waals surface area (Å²) in [6, 6.07) is 4.30. The van der Waals surface area contributed by atoms with E-state index in [0.717, 1.165) is 17.4 Å². The third kappa shape index (κ3) is 5.17. The zero-order chi connectivity index (χ0) is 17.5. The minimum absolute atomic E-state index is 0.0401. The second-order valence-corrected chi connectivity index (χ2v) is 6.12. The van der Waals surface area contributed by atoms with Crippen molar-refractivity contribution in [1.82, 2.24) is 15.1 Å². The van der Waals surface area contributed by atoms with E-state index in [4.69, 9.17) is 17.0 Å². The second-order valence-electron chi connectivity index (χ2n) is 4.80. The van der Waals surface area contributed by atoms with Gasteiger partial charge in [0.05, 0.1) is 34.5 Å². The highest BCUT2D eigenvalue weighted by atomic mass is 79.9. The summed E-state index contributed by atoms with van der Waals surface area (Å²) < 4.78 is 7.93. The molecule has 0 bridgehead atoms. The van der Waals surface area contributed by atoms with Crippen LogP contribution in [0.4, 0.5) is 11.4 Å². The number of benzene rings is 1. The van der Waals surface area contributed by atoms with Gasteiger partial charge in [-0.1, -0.05) is 0 Å². The fourth-order valence-corrected chi connectivity index (χ4v) is 2.51. The molecule has 1 aromatic carbocycles. The van der Waals surface area contributed by atoms with Gasteiger partial charge in [0.1, 0.15) is 5.75 Å². The van der Waals surface area contributed by atoms with Gasteiger partial charge >= 0.3 is 0 Å². The number of ether oxygens (including phenoxy) is 1. The van der Waals surface area contributed by atoms with Crippen LogP contribution >= 0.6 is 28.1 Å². The van der Waals surface area contributed by atoms with Gasteiger partial charge in [-0.25, -0.2) is 0 Å². The zero-order valence-corrected chi connectivity index (χ0v) is 15.3. The van der Waals surface area contributed by atoms with Crippen LogP contribution in [0.1, 0.15) is 6.42 Å². The summed E-state index contributed by atoms with van der Waals surface area (Å²) >= 11 is 8.57. The lowest BCUT2D eigenvalue weighted by molar-refractivity contribution is -0.384. The molecule has 2 N–H and O–H groups in total. The van der Waals surface area contributed by atoms with Crippen LogP contribution in [-0.2, 0) is 6.54 Å². The highest BCUT2D eigenvalue weighted by Crippen LogP contribution is 2.28. The van der Waals surface area contributed by atoms with Crippen molar-refractivity contribution in [3.05, 3.63) is 45.2 Å². The van der Waals surface area contributed by atoms with Crippen molar-refractivity contribution in [3.63, 3.8) is 0 Å². The normalized spacial score (nSPS) is 10.2. The van der Waals surface area contributed by atoms with Crippen molar-refractivity contribution in [1.29, 1.82) is 0 Å². The second kappa shape index (κ2) is 8.60. The Bertz CT molecular complexity index is 737. The summed E-state index contributed by atoms with van der Waals surface area (Å²) in [4.78, 5) is 10.3. The van der Waals surface area contributed by atoms with Gasteiger partial charge in [-0.2, -0.15) is 5.10 Å². The van der Waals surface area contributed by atoms with E-state index in [-0.39, 0.29) is 5.69 Å². The van der Waals surface area contributed by atoms with Crippen LogP contribution < -0.4 is 15.4 Å². The summed E-state index contributed by atoms with van der Waals surface area (Å²) in [7, 11) is 1.45. The zero-order valence-electron chi connectivity index (χ0n) is 12.9. The SMILES string of the molecule is COc1cc([N+](=O)[O-])ccc1NC(=S)NCCCn1cc(Br)cn1. The molecule has 0 saturated heterocycles. The van der Waals surface area contributed by atoms with Crippen molar-refractivity contribution in [3.8, 4) is 5.75 Å². The maximum Gasteiger partial charge on any atom is 0.273 e. The molecule has 8 nitrogen and oxygen atoms in total. The van der Waals surface area contributed by atoms with Crippen LogP contribution in [0.5, 0.6) is 5.75 Å². The van der Waals surface area contributed by atoms with E-state index in [0.29, 0.717) is 23.1 Å². The summed E-state index contributed by atoms with van der Waals surface area (Å²) in [6.07, 6.45) is 4.48. The molecule has 0 unspecified atom stereocenters. The van der Waals surface area contributed by atoms with Gasteiger partial charge < -0.3 is 15.4 Å². The Balaban J connectivity index is 1.82. The lowest BCUT2D eigenvalue weighted by Crippen LogP contribution is -2.30. The molecule has 0 aliphatic rings. The van der Waals surface area contributed by atoms with E-state index in [1.165, 1.54) is 19.2 Å². The predicted molar refractivity (Wildman–Crippen MR) is 98.4 cm³/mol. The monoisotopic (exact) mass is 413 g/mol. The summed E-state index contributed by atoms with van der Waals surface area (Å²) in [6.45, 7) is 1.43. The van der Waals surface area contributed by atoms with Crippen LogP contribution in [0.3, 0.4) is 0 Å². The maximum atomic E-state index is 10.8. The Hall–Kier alpha value is -2.20. The number of nitrogens with zero attached hydrogens (tertiary/aromatic N) is 3. The summed E-state index contributed by atoms with van der Waals surface area (Å²) in [5.74, 6) is 0.356. The molecule has 0 aliphatic carbocycles. The molecule has 24 heavy (non-hydrogen) atoms. The molecule has 0 aliphatic heterocycles. The van der Waals surface area contributed by atoms with Crippen LogP contribution in [-0.4, -0.2) is 33.5 Å². The molecule has 2 rings (SSSR count). The largest absolute Gasteiger partial charge is 0.494 e. The highest BCUT2D eigenvalue weighted by Gasteiger charge is 2.12. The summed E-state index contributed by atoms with van der Waals surface area (Å²) in [5, 5.41) is 21.4. The van der Waals surface area contributed by atoms with Crippen molar-refractivity contribution in [2.45, 2.75) is 13.0 Å². The molecular weight excluding hydrogens is 398 g/mol. The number of aryl methyl sites for hydroxylation is 1. The minimum atomic E-state index is -0.476. The number of aromatic nitrogens is 2. The Kier molecular flexibility index (Phi) is 6.50. The fraction of sp³-hybridized carbons (Fsp3) is 0.286. The van der Waals surface area contributed by atoms with Crippen molar-refractivity contribution in [2.24, 2.45) is 0 Å². The average Bonchev–Trinajstić information content (AvgIpc) is 2.97. The number of anilines is 1. The molecule has 1 aromatic heterocycles. The maximum absolute atomic E-state index is 10.8. The molecule has 0 atom stereocenters. The smallest absolute Gasteiger partial charge is 0.273 e. The third-order valence-corrected chi connectivity index (χ3v) is 3.75. The third-order valence-electron chi connectivity index (χ3n) is 3.10. The number of thiocarbonyl (C=S) groups is 1. The van der Waals surface area contributed by atoms with Gasteiger partial charge in [0.15, 0.2) is 5.11 Å². The molecule has 0 fully saturated rings. The van der Waals surface area contributed by atoms with E-state index in [9.17, 15) is 10.1 Å². The van der Waals surface area contributed by atoms with E-state index in [1.807, 2.05) is 10.9 Å². The Morgan fingerprint density at radius 2 is 2.33 bits per heavy atom. The van der Waals surface area contributed by atoms with Gasteiger partial charge in [-0.3, -0.25) is 14.8 Å². The first kappa shape index (κ1) is 18.1. The fourth-order valence-electron chi connectivity index (χ4n) is 1.97. The van der Waals surface area contributed by atoms with E-state index in [2.05, 4.69) is 31.7 Å². The molecule has 1 heterocycles. The quantitative estimate of drug-likeness (QED) is 0.311. The first-order chi connectivity index (χ1) is 11.5. The number of methoxy groups -OCH3 is 1. The van der Waals surface area contributed by atoms with Gasteiger partial charge in [-0.15, -0.1) is 0 Å². The molecule has 0 saturated carbocycles. The van der Waals surface area contributed by atoms with Gasteiger partial charge in [0, 0.05) is 25.4 Å². The number of nitro groups is 1. The first-order valence-corrected chi connectivity index (χ1v) is 8.25. The average molecular weight is 414 g/mol. The first-order valence-electron chi connectivity index (χ1n) is 7.05. The van der Waals surface area contributed by atoms with Crippen LogP contribution in [0.15, 0.2) is 35.1 Å². The molecule has 10 heteroatoms. The number of rotatable bonds is 7. The lowest BCUT2D eigenvalue weighted by atomic mass is 10.2. The van der Waals surface area contributed by atoms with E-state index in [1.54, 1.807) is 12.3 Å². The molecule has 0 amide bonds. The van der Waals surface area contributed by atoms with Crippen LogP contribution in [0, 0.1) is 10.1 Å². The highest BCUT2D eigenvalue weighted by molar-refractivity contribution is 9.10. The number of nitrogens with one attached hydrogen (secondary N) is 2. The standard InChI is InChI=1S/C14H16BrN5O3S/c1-23-13-7-11(20(21)22)3-4-12(13)18-14(24)16-5-2-6-19-9-10(15)8-17-19/h3-4,7-9H,2,5-6H2,1H3,(H2,16,18,24). The number of halogens is 1. The van der Waals surface area contributed by atoms with Crippen molar-refractivity contribution >= 4 is 44.6 Å². The van der Waals surface area contributed by atoms with Crippen molar-refractivity contribution in [2.75, 3.05) is 19.0 Å². The number of nitro benzene ring substituents is 1. The molecule has 0 radical (unpaired) electrons. The molecule has 2 aromatic rings. The predicted octanol–water partition coefficient (Wildman–Crippen LogP) is 2.94. The van der Waals surface area contributed by atoms with Crippen molar-refractivity contribution < 1.29 is 9.66 Å². The minimum Gasteiger partial charge on any atom is -0.494 e. The number of non-ortho nitro benzene ring substituents is 1. The van der Waals surface area contributed by atoms with E-state index >= 15 is 0 Å². The molecule has 0 spiro atoms. The summed E-state index contributed by atoms with van der Waals surface area (Å²) in [5.41, 5.74) is 0.526. The Morgan fingerprint density at radius 3 is 2.96 bits per heavy atom. The molecule has 128 valence electrons. The van der Waals surface area contributed by atoms with Crippen LogP contribution in [0.2, 0.25) is 0 Å². The van der Waals surface area contributed by atoms with Crippen LogP contribution in [0.25, 0.3) is 0 Å². The molecular formula is C14H16BrN5O3S. The van der Waals surface area contributed by atoms with Gasteiger partial charge in [-0.05, 0) is 40.6 Å². The Labute approximate surface area is 152 Å².